The number of carbonyl (C=O) groups is 4. The molecule has 0 spiro atoms. The molecule has 77 heavy (non-hydrogen) atoms. The lowest BCUT2D eigenvalue weighted by Crippen LogP contribution is -2.36. The smallest absolute Gasteiger partial charge is 0.339 e. The summed E-state index contributed by atoms with van der Waals surface area (Å²) in [7, 11) is -1.65. The zero-order valence-corrected chi connectivity index (χ0v) is 47.2. The van der Waals surface area contributed by atoms with Gasteiger partial charge in [-0.1, -0.05) is 11.6 Å². The summed E-state index contributed by atoms with van der Waals surface area (Å²) in [6, 6.07) is 5.81. The molecule has 5 heterocycles. The van der Waals surface area contributed by atoms with E-state index in [-0.39, 0.29) is 55.9 Å². The van der Waals surface area contributed by atoms with Crippen LogP contribution >= 0.6 is 53.9 Å². The normalized spacial score (nSPS) is 11.9. The number of amides is 3. The van der Waals surface area contributed by atoms with Crippen LogP contribution in [0.15, 0.2) is 56.2 Å². The number of carbonyl (C=O) groups excluding carboxylic acids is 3. The fourth-order valence-corrected chi connectivity index (χ4v) is 9.21. The van der Waals surface area contributed by atoms with Crippen LogP contribution < -0.4 is 45.1 Å². The first kappa shape index (κ1) is 64.7. The molecule has 0 unspecified atom stereocenters. The Morgan fingerprint density at radius 2 is 1.61 bits per heavy atom. The van der Waals surface area contributed by atoms with Gasteiger partial charge >= 0.3 is 30.4 Å². The number of benzene rings is 1. The molecule has 36 heteroatoms. The molecule has 1 aliphatic heterocycles. The number of aromatic nitrogens is 8. The van der Waals surface area contributed by atoms with Crippen molar-refractivity contribution in [1.29, 1.82) is 0 Å². The number of esters is 1. The third-order valence-electron chi connectivity index (χ3n) is 8.85. The highest BCUT2D eigenvalue weighted by Gasteiger charge is 2.27. The molecule has 1 aromatic carbocycles. The number of nitrogens with zero attached hydrogens (tertiary/aromatic N) is 10. The monoisotopic (exact) mass is 1200 g/mol. The van der Waals surface area contributed by atoms with Gasteiger partial charge in [-0.25, -0.2) is 28.6 Å². The highest BCUT2D eigenvalue weighted by Crippen LogP contribution is 2.33. The largest absolute Gasteiger partial charge is 0.481 e. The minimum Gasteiger partial charge on any atom is -0.481 e. The molecule has 1 aliphatic rings. The molecule has 0 aliphatic carbocycles. The maximum Gasteiger partial charge on any atom is 0.339 e. The quantitative estimate of drug-likeness (QED) is 0.0354. The number of nitrogens with one attached hydrogen (secondary N) is 5. The molecule has 5 aromatic rings. The molecule has 29 nitrogen and oxygen atoms in total. The van der Waals surface area contributed by atoms with Gasteiger partial charge in [0.15, 0.2) is 5.03 Å². The number of halogens is 3. The Labute approximate surface area is 457 Å². The van der Waals surface area contributed by atoms with Gasteiger partial charge in [0.2, 0.25) is 39.7 Å². The highest BCUT2D eigenvalue weighted by molar-refractivity contribution is 8.00. The summed E-state index contributed by atoms with van der Waals surface area (Å²) < 4.78 is 69.0. The van der Waals surface area contributed by atoms with Crippen molar-refractivity contribution in [2.45, 2.75) is 62.7 Å². The summed E-state index contributed by atoms with van der Waals surface area (Å²) in [6.07, 6.45) is 2.49. The minimum absolute atomic E-state index is 0.0605. The van der Waals surface area contributed by atoms with Crippen molar-refractivity contribution in [3.05, 3.63) is 72.7 Å². The Morgan fingerprint density at radius 1 is 0.974 bits per heavy atom. The second-order valence-electron chi connectivity index (χ2n) is 15.4. The van der Waals surface area contributed by atoms with Crippen molar-refractivity contribution in [1.82, 2.24) is 54.2 Å². The number of carboxylic acid groups (broad SMARTS) is 1. The van der Waals surface area contributed by atoms with E-state index in [1.165, 1.54) is 70.8 Å². The van der Waals surface area contributed by atoms with E-state index >= 15 is 0 Å². The summed E-state index contributed by atoms with van der Waals surface area (Å²) in [5.74, 6) is -1.74. The molecule has 0 atom stereocenters. The van der Waals surface area contributed by atoms with Gasteiger partial charge < -0.3 is 44.6 Å². The van der Waals surface area contributed by atoms with Crippen LogP contribution in [-0.4, -0.2) is 158 Å². The number of rotatable bonds is 18. The van der Waals surface area contributed by atoms with Crippen LogP contribution in [0.25, 0.3) is 0 Å². The van der Waals surface area contributed by atoms with Crippen LogP contribution in [0, 0.1) is 5.82 Å². The lowest BCUT2D eigenvalue weighted by molar-refractivity contribution is -0.137. The molecule has 0 radical (unpaired) electrons. The number of hydrogen-bond acceptors (Lipinski definition) is 23. The van der Waals surface area contributed by atoms with Gasteiger partial charge in [0, 0.05) is 50.9 Å². The van der Waals surface area contributed by atoms with Gasteiger partial charge in [-0.15, -0.1) is 11.8 Å². The summed E-state index contributed by atoms with van der Waals surface area (Å²) in [4.78, 5) is 104. The SMILES string of the molecule is CCNc1nc(Cl)nc(NC(C)C)n1.COC(=O)CSc1cc(N=c2sc(=O)n3n2CCCC3)c(F)cc1Cl.COc1cc(OC)nc(NC(=O)NS(=O)(=O)c2ncccc2C(=O)N(C)C)n1.O=C(O)CNCP(=O)(O)O. The molecule has 3 amide bonds. The molecule has 0 bridgehead atoms. The van der Waals surface area contributed by atoms with E-state index in [1.54, 1.807) is 14.1 Å². The number of carboxylic acids is 1. The van der Waals surface area contributed by atoms with Gasteiger partial charge in [0.25, 0.3) is 15.9 Å². The third kappa shape index (κ3) is 22.1. The molecule has 0 saturated heterocycles. The molecule has 422 valence electrons. The van der Waals surface area contributed by atoms with E-state index in [1.807, 2.05) is 20.8 Å². The number of aliphatic carboxylic acids is 1. The molecule has 0 fully saturated rings. The third-order valence-corrected chi connectivity index (χ3v) is 13.3. The van der Waals surface area contributed by atoms with Crippen LogP contribution in [-0.2, 0) is 42.0 Å². The van der Waals surface area contributed by atoms with E-state index in [2.05, 4.69) is 60.9 Å². The number of ether oxygens (including phenoxy) is 3. The number of sulfonamides is 1. The zero-order chi connectivity index (χ0) is 57.6. The Bertz CT molecular complexity index is 3130. The van der Waals surface area contributed by atoms with Crippen molar-refractivity contribution in [2.75, 3.05) is 76.5 Å². The van der Waals surface area contributed by atoms with Crippen LogP contribution in [0.2, 0.25) is 10.3 Å². The number of anilines is 3. The number of hydrogen-bond donors (Lipinski definition) is 8. The summed E-state index contributed by atoms with van der Waals surface area (Å²) in [5, 5.41) is 18.0. The first-order chi connectivity index (χ1) is 36.2. The number of pyridine rings is 1. The number of urea groups is 1. The summed E-state index contributed by atoms with van der Waals surface area (Å²) in [5.41, 5.74) is -0.105. The van der Waals surface area contributed by atoms with Crippen molar-refractivity contribution in [3.8, 4) is 11.8 Å². The first-order valence-electron chi connectivity index (χ1n) is 22.1. The maximum atomic E-state index is 14.3. The van der Waals surface area contributed by atoms with Gasteiger partial charge in [-0.3, -0.25) is 39.1 Å². The van der Waals surface area contributed by atoms with Crippen LogP contribution in [0.5, 0.6) is 11.8 Å². The highest BCUT2D eigenvalue weighted by atomic mass is 35.5. The van der Waals surface area contributed by atoms with Crippen molar-refractivity contribution < 1.29 is 65.7 Å². The minimum atomic E-state index is -4.46. The molecule has 0 saturated carbocycles. The molecular weight excluding hydrogens is 1140 g/mol. The fourth-order valence-electron chi connectivity index (χ4n) is 5.62. The lowest BCUT2D eigenvalue weighted by atomic mass is 10.2. The van der Waals surface area contributed by atoms with Crippen molar-refractivity contribution in [2.24, 2.45) is 4.99 Å². The average molecular weight is 1200 g/mol. The van der Waals surface area contributed by atoms with Gasteiger partial charge in [0.1, 0.15) is 11.5 Å². The maximum absolute atomic E-state index is 14.3. The average Bonchev–Trinajstić information content (AvgIpc) is 3.67. The number of fused-ring (bicyclic) bond motifs is 1. The number of thioether (sulfide) groups is 1. The zero-order valence-electron chi connectivity index (χ0n) is 42.3. The van der Waals surface area contributed by atoms with Gasteiger partial charge in [-0.05, 0) is 80.8 Å². The topological polar surface area (TPSA) is 388 Å². The fraction of sp³-hybridized carbons (Fsp3) is 0.415. The Balaban J connectivity index is 0.000000290. The standard InChI is InChI=1S/C15H15ClFN3O3S2.C15H18N6O6S.C8H14ClN5.C3H8NO5P/c1-23-13(21)8-24-12-7-11(10(17)6-9(12)16)18-14-19-4-2-3-5-20(19)15(22)25-14;1-21(2)13(22)9-6-5-7-16-12(9)28(24,25)20-15(23)19-14-17-10(26-3)8-11(18-14)27-4;1-4-10-7-12-6(9)13-8(14-7)11-5(2)3;5-3(6)1-4-2-10(7,8)9/h6-7H,2-5,8H2,1H3;5-8H,1-4H3,(H2,17,18,19,20,23);5H,4H2,1-3H3,(H2,10,11,12,13,14);4H,1-2H2,(H,5,6)(H2,7,8,9). The van der Waals surface area contributed by atoms with Gasteiger partial charge in [-0.2, -0.15) is 33.3 Å². The second-order valence-corrected chi connectivity index (χ2v) is 21.4. The number of methoxy groups -OCH3 is 3. The second kappa shape index (κ2) is 31.0. The van der Waals surface area contributed by atoms with E-state index in [0.717, 1.165) is 48.6 Å². The predicted molar refractivity (Wildman–Crippen MR) is 282 cm³/mol. The molecule has 8 N–H and O–H groups in total. The van der Waals surface area contributed by atoms with E-state index < -0.39 is 65.2 Å². The summed E-state index contributed by atoms with van der Waals surface area (Å²) >= 11 is 13.9. The Kier molecular flexibility index (Phi) is 26.0. The first-order valence-corrected chi connectivity index (χ1v) is 27.9. The molecule has 4 aromatic heterocycles. The van der Waals surface area contributed by atoms with E-state index in [4.69, 9.17) is 47.6 Å². The van der Waals surface area contributed by atoms with E-state index in [9.17, 15) is 41.3 Å². The van der Waals surface area contributed by atoms with Crippen molar-refractivity contribution >= 4 is 111 Å². The summed E-state index contributed by atoms with van der Waals surface area (Å²) in [6.45, 7) is 7.61. The van der Waals surface area contributed by atoms with Crippen LogP contribution in [0.1, 0.15) is 44.0 Å². The lowest BCUT2D eigenvalue weighted by Gasteiger charge is -2.15. The predicted octanol–water partition coefficient (Wildman–Crippen LogP) is 3.47. The van der Waals surface area contributed by atoms with Gasteiger partial charge in [0.05, 0.1) is 56.6 Å². The Morgan fingerprint density at radius 3 is 2.18 bits per heavy atom. The molecule has 6 rings (SSSR count). The van der Waals surface area contributed by atoms with Crippen molar-refractivity contribution in [3.63, 3.8) is 0 Å². The van der Waals surface area contributed by atoms with Crippen LogP contribution in [0.4, 0.5) is 32.7 Å². The van der Waals surface area contributed by atoms with E-state index in [0.29, 0.717) is 34.7 Å². The van der Waals surface area contributed by atoms with Crippen LogP contribution in [0.3, 0.4) is 0 Å². The Hall–Kier alpha value is -6.58. The molecular formula is C41H55Cl2FN15O14PS3.